The van der Waals surface area contributed by atoms with Gasteiger partial charge in [0, 0.05) is 53.6 Å². The number of phosphoric ester groups is 1. The molecule has 3 amide bonds. The van der Waals surface area contributed by atoms with E-state index in [1.54, 1.807) is 6.20 Å². The van der Waals surface area contributed by atoms with Gasteiger partial charge in [-0.05, 0) is 42.2 Å². The summed E-state index contributed by atoms with van der Waals surface area (Å²) < 4.78 is 57.5. The van der Waals surface area contributed by atoms with Crippen molar-refractivity contribution < 1.29 is 44.1 Å². The number of fused-ring (bicyclic) bond motifs is 1. The molecule has 1 aromatic heterocycles. The lowest BCUT2D eigenvalue weighted by atomic mass is 10.2. The number of nitrogens with one attached hydrogen (secondary N) is 3. The number of carbonyl (C=O) groups excluding carboxylic acids is 2. The van der Waals surface area contributed by atoms with Crippen molar-refractivity contribution in [2.75, 3.05) is 63.8 Å². The van der Waals surface area contributed by atoms with Gasteiger partial charge in [0.1, 0.15) is 12.4 Å². The van der Waals surface area contributed by atoms with Crippen LogP contribution in [-0.4, -0.2) is 75.6 Å². The Morgan fingerprint density at radius 1 is 1.00 bits per heavy atom. The van der Waals surface area contributed by atoms with Crippen LogP contribution in [0.3, 0.4) is 0 Å². The molecule has 0 radical (unpaired) electrons. The first kappa shape index (κ1) is 35.9. The maximum Gasteiger partial charge on any atom is 0.474 e. The summed E-state index contributed by atoms with van der Waals surface area (Å²) in [6.07, 6.45) is 6.22. The fourth-order valence-corrected chi connectivity index (χ4v) is 5.86. The fraction of sp³-hybridized carbons (Fsp3) is 0.393. The first-order chi connectivity index (χ1) is 20.4. The molecule has 3 rings (SSSR count). The second kappa shape index (κ2) is 17.7. The molecular formula is C28H43F2N4O7PS. The van der Waals surface area contributed by atoms with Crippen molar-refractivity contribution in [1.82, 2.24) is 15.6 Å². The molecule has 0 saturated heterocycles. The van der Waals surface area contributed by atoms with Gasteiger partial charge in [-0.1, -0.05) is 36.4 Å². The summed E-state index contributed by atoms with van der Waals surface area (Å²) in [7, 11) is -0.387. The van der Waals surface area contributed by atoms with Crippen molar-refractivity contribution in [2.24, 2.45) is 0 Å². The molecule has 1 heterocycles. The normalized spacial score (nSPS) is 11.7. The van der Waals surface area contributed by atoms with E-state index in [1.165, 1.54) is 33.4 Å². The number of rotatable bonds is 13. The highest BCUT2D eigenvalue weighted by molar-refractivity contribution is 8.32. The van der Waals surface area contributed by atoms with E-state index in [4.69, 9.17) is 18.3 Å². The first-order valence-corrected chi connectivity index (χ1v) is 17.4. The number of phosphoric acid groups is 1. The largest absolute Gasteiger partial charge is 0.474 e. The number of pyridine rings is 1. The second-order valence-electron chi connectivity index (χ2n) is 9.50. The van der Waals surface area contributed by atoms with E-state index in [-0.39, 0.29) is 21.6 Å². The summed E-state index contributed by atoms with van der Waals surface area (Å²) in [5.74, 6) is 0.262. The van der Waals surface area contributed by atoms with Gasteiger partial charge in [-0.3, -0.25) is 18.9 Å². The van der Waals surface area contributed by atoms with E-state index >= 15 is 0 Å². The lowest BCUT2D eigenvalue weighted by Gasteiger charge is -2.30. The molecular weight excluding hydrogens is 605 g/mol. The predicted octanol–water partition coefficient (Wildman–Crippen LogP) is 6.54. The van der Waals surface area contributed by atoms with E-state index in [1.807, 2.05) is 30.3 Å². The molecule has 0 aliphatic rings. The third kappa shape index (κ3) is 12.9. The smallest absolute Gasteiger partial charge is 0.448 e. The van der Waals surface area contributed by atoms with E-state index in [0.29, 0.717) is 18.8 Å². The minimum absolute atomic E-state index is 0. The van der Waals surface area contributed by atoms with E-state index in [9.17, 15) is 22.9 Å². The highest BCUT2D eigenvalue weighted by Crippen LogP contribution is 2.48. The number of aromatic nitrogens is 1. The standard InChI is InChI=1S/C19H29N2O6PS.C9H10F2N2O.2H2/c1-24-28(23,25-2)27-10-7-12-29(3,4)13-11-26-19(22)21-18-14-16-8-5-6-9-17(16)15-20-18;1-12-9(14)13-5-6-3-2-4-7(10)8(6)11;;/h5-6,8-9,14-15H,7,10-13H2,1-4H3,(H,20,21,22);2-4H,5H2,1H3,(H2,12,13,14);2*1H. The number of ether oxygens (including phenoxy) is 1. The minimum atomic E-state index is -3.42. The first-order valence-electron chi connectivity index (χ1n) is 13.1. The average molecular weight is 649 g/mol. The van der Waals surface area contributed by atoms with Crippen LogP contribution in [-0.2, 0) is 29.4 Å². The highest BCUT2D eigenvalue weighted by atomic mass is 32.3. The summed E-state index contributed by atoms with van der Waals surface area (Å²) >= 11 is 0. The number of urea groups is 1. The number of carbonyl (C=O) groups is 2. The molecule has 0 fully saturated rings. The van der Waals surface area contributed by atoms with Crippen molar-refractivity contribution in [2.45, 2.75) is 13.0 Å². The van der Waals surface area contributed by atoms with Crippen LogP contribution in [0.2, 0.25) is 0 Å². The summed E-state index contributed by atoms with van der Waals surface area (Å²) in [6.45, 7) is 0.560. The summed E-state index contributed by atoms with van der Waals surface area (Å²) in [5, 5.41) is 9.33. The van der Waals surface area contributed by atoms with Crippen molar-refractivity contribution in [3.8, 4) is 0 Å². The van der Waals surface area contributed by atoms with E-state index < -0.39 is 41.6 Å². The van der Waals surface area contributed by atoms with E-state index in [0.717, 1.165) is 28.3 Å². The monoisotopic (exact) mass is 648 g/mol. The van der Waals surface area contributed by atoms with Gasteiger partial charge in [0.15, 0.2) is 11.6 Å². The van der Waals surface area contributed by atoms with Gasteiger partial charge in [-0.15, -0.1) is 0 Å². The van der Waals surface area contributed by atoms with Gasteiger partial charge >= 0.3 is 19.9 Å². The van der Waals surface area contributed by atoms with Gasteiger partial charge < -0.3 is 15.4 Å². The van der Waals surface area contributed by atoms with Crippen molar-refractivity contribution >= 4 is 46.6 Å². The molecule has 0 aliphatic carbocycles. The number of halogens is 2. The maximum atomic E-state index is 13.0. The van der Waals surface area contributed by atoms with Crippen LogP contribution in [0.5, 0.6) is 0 Å². The van der Waals surface area contributed by atoms with Crippen molar-refractivity contribution in [1.29, 1.82) is 0 Å². The number of hydrogen-bond donors (Lipinski definition) is 3. The molecule has 3 aromatic rings. The van der Waals surface area contributed by atoms with Crippen LogP contribution in [0.25, 0.3) is 10.8 Å². The number of benzene rings is 2. The van der Waals surface area contributed by atoms with Gasteiger partial charge in [0.25, 0.3) is 0 Å². The number of anilines is 1. The Hall–Kier alpha value is -3.29. The second-order valence-corrected chi connectivity index (χ2v) is 15.7. The molecule has 0 bridgehead atoms. The summed E-state index contributed by atoms with van der Waals surface area (Å²) in [6, 6.07) is 13.0. The summed E-state index contributed by atoms with van der Waals surface area (Å²) in [5.41, 5.74) is 0.119. The van der Waals surface area contributed by atoms with Gasteiger partial charge in [-0.25, -0.2) is 37.9 Å². The topological polar surface area (TPSA) is 137 Å². The predicted molar refractivity (Wildman–Crippen MR) is 170 cm³/mol. The summed E-state index contributed by atoms with van der Waals surface area (Å²) in [4.78, 5) is 27.0. The zero-order chi connectivity index (χ0) is 31.9. The van der Waals surface area contributed by atoms with Crippen molar-refractivity contribution in [3.63, 3.8) is 0 Å². The fourth-order valence-electron chi connectivity index (χ4n) is 3.51. The molecule has 0 spiro atoms. The van der Waals surface area contributed by atoms with Crippen LogP contribution in [0.15, 0.2) is 54.7 Å². The number of hydrogen-bond acceptors (Lipinski definition) is 8. The molecule has 0 atom stereocenters. The highest BCUT2D eigenvalue weighted by Gasteiger charge is 2.22. The number of amides is 3. The van der Waals surface area contributed by atoms with Crippen LogP contribution in [0.4, 0.5) is 24.2 Å². The van der Waals surface area contributed by atoms with Crippen LogP contribution in [0.1, 0.15) is 14.8 Å². The number of nitrogens with zero attached hydrogens (tertiary/aromatic N) is 1. The molecule has 0 unspecified atom stereocenters. The molecule has 2 aromatic carbocycles. The molecule has 242 valence electrons. The van der Waals surface area contributed by atoms with Gasteiger partial charge in [0.05, 0.1) is 6.61 Å². The van der Waals surface area contributed by atoms with Crippen LogP contribution < -0.4 is 16.0 Å². The molecule has 11 nitrogen and oxygen atoms in total. The minimum Gasteiger partial charge on any atom is -0.448 e. The van der Waals surface area contributed by atoms with E-state index in [2.05, 4.69) is 33.4 Å². The Bertz CT molecular complexity index is 1400. The molecule has 3 N–H and O–H groups in total. The Morgan fingerprint density at radius 2 is 1.70 bits per heavy atom. The van der Waals surface area contributed by atoms with Crippen molar-refractivity contribution in [3.05, 3.63) is 71.9 Å². The molecule has 43 heavy (non-hydrogen) atoms. The lowest BCUT2D eigenvalue weighted by Crippen LogP contribution is -2.32. The Morgan fingerprint density at radius 3 is 2.37 bits per heavy atom. The average Bonchev–Trinajstić information content (AvgIpc) is 3.00. The maximum absolute atomic E-state index is 13.0. The van der Waals surface area contributed by atoms with Gasteiger partial charge in [0.2, 0.25) is 0 Å². The third-order valence-corrected chi connectivity index (χ3v) is 10.0. The van der Waals surface area contributed by atoms with Gasteiger partial charge in [-0.2, -0.15) is 0 Å². The Balaban J connectivity index is 0.00000102. The zero-order valence-electron chi connectivity index (χ0n) is 24.9. The van der Waals surface area contributed by atoms with Crippen LogP contribution in [0, 0.1) is 11.6 Å². The molecule has 15 heteroatoms. The lowest BCUT2D eigenvalue weighted by molar-refractivity contribution is 0.152. The SMILES string of the molecule is CNC(=O)NCc1cccc(F)c1F.COP(=O)(OC)OCCCS(C)(C)CCOC(=O)Nc1cc2ccccc2cn1.[HH].[HH]. The molecule has 0 saturated carbocycles. The quantitative estimate of drug-likeness (QED) is 0.140. The van der Waals surface area contributed by atoms with Crippen LogP contribution >= 0.6 is 17.9 Å². The zero-order valence-corrected chi connectivity index (χ0v) is 26.6. The molecule has 0 aliphatic heterocycles. The Labute approximate surface area is 254 Å². The third-order valence-electron chi connectivity index (χ3n) is 5.97. The Kier molecular flexibility index (Phi) is 14.8.